The van der Waals surface area contributed by atoms with E-state index in [1.165, 1.54) is 13.4 Å². The molecule has 0 amide bonds. The molecule has 0 atom stereocenters. The van der Waals surface area contributed by atoms with E-state index in [1.807, 2.05) is 12.1 Å². The first-order valence-electron chi connectivity index (χ1n) is 5.23. The Hall–Kier alpha value is -2.50. The van der Waals surface area contributed by atoms with E-state index in [2.05, 4.69) is 9.72 Å². The van der Waals surface area contributed by atoms with E-state index in [1.54, 1.807) is 23.8 Å². The molecule has 6 heteroatoms. The quantitative estimate of drug-likeness (QED) is 0.826. The third kappa shape index (κ3) is 2.00. The number of nitrogen functional groups attached to an aromatic ring is 1. The van der Waals surface area contributed by atoms with Gasteiger partial charge in [-0.1, -0.05) is 0 Å². The van der Waals surface area contributed by atoms with Crippen molar-refractivity contribution in [2.24, 2.45) is 0 Å². The number of carbonyl (C=O) groups excluding carboxylic acids is 1. The molecular formula is C12H13N3O3. The van der Waals surface area contributed by atoms with Crippen LogP contribution in [0.15, 0.2) is 30.6 Å². The summed E-state index contributed by atoms with van der Waals surface area (Å²) in [6.07, 6.45) is 1.48. The summed E-state index contributed by atoms with van der Waals surface area (Å²) in [4.78, 5) is 15.3. The third-order valence-electron chi connectivity index (χ3n) is 2.53. The average molecular weight is 247 g/mol. The molecule has 0 saturated heterocycles. The third-order valence-corrected chi connectivity index (χ3v) is 2.53. The number of benzene rings is 1. The fourth-order valence-electron chi connectivity index (χ4n) is 1.56. The monoisotopic (exact) mass is 247 g/mol. The number of hydrogen-bond donors (Lipinski definition) is 1. The van der Waals surface area contributed by atoms with Gasteiger partial charge in [0.25, 0.3) is 0 Å². The molecule has 2 rings (SSSR count). The maximum absolute atomic E-state index is 11.4. The summed E-state index contributed by atoms with van der Waals surface area (Å²) in [6, 6.07) is 7.23. The molecule has 1 aromatic carbocycles. The van der Waals surface area contributed by atoms with Gasteiger partial charge in [0.15, 0.2) is 5.69 Å². The van der Waals surface area contributed by atoms with Crippen molar-refractivity contribution in [2.75, 3.05) is 20.0 Å². The molecule has 1 aromatic heterocycles. The smallest absolute Gasteiger partial charge is 0.360 e. The lowest BCUT2D eigenvalue weighted by molar-refractivity contribution is 0.0596. The fourth-order valence-corrected chi connectivity index (χ4v) is 1.56. The van der Waals surface area contributed by atoms with E-state index in [0.717, 1.165) is 11.4 Å². The molecular weight excluding hydrogens is 234 g/mol. The summed E-state index contributed by atoms with van der Waals surface area (Å²) in [7, 11) is 2.88. The van der Waals surface area contributed by atoms with E-state index in [4.69, 9.17) is 10.5 Å². The van der Waals surface area contributed by atoms with E-state index in [9.17, 15) is 4.79 Å². The van der Waals surface area contributed by atoms with Crippen LogP contribution in [0.2, 0.25) is 0 Å². The minimum atomic E-state index is -0.556. The summed E-state index contributed by atoms with van der Waals surface area (Å²) in [5.41, 5.74) is 6.74. The SMILES string of the molecule is COC(=O)c1ncn(-c2ccc(OC)cc2)c1N. The lowest BCUT2D eigenvalue weighted by Gasteiger charge is -2.06. The molecule has 1 heterocycles. The minimum Gasteiger partial charge on any atom is -0.497 e. The van der Waals surface area contributed by atoms with Crippen molar-refractivity contribution in [3.63, 3.8) is 0 Å². The van der Waals surface area contributed by atoms with Crippen LogP contribution in [0.1, 0.15) is 10.5 Å². The lowest BCUT2D eigenvalue weighted by Crippen LogP contribution is -2.07. The minimum absolute atomic E-state index is 0.105. The molecule has 18 heavy (non-hydrogen) atoms. The second-order valence-corrected chi connectivity index (χ2v) is 3.54. The maximum Gasteiger partial charge on any atom is 0.360 e. The molecule has 0 saturated carbocycles. The molecule has 0 aliphatic rings. The molecule has 2 aromatic rings. The van der Waals surface area contributed by atoms with Crippen LogP contribution in [0.3, 0.4) is 0 Å². The fraction of sp³-hybridized carbons (Fsp3) is 0.167. The van der Waals surface area contributed by atoms with Crippen molar-refractivity contribution in [2.45, 2.75) is 0 Å². The number of nitrogens with zero attached hydrogens (tertiary/aromatic N) is 2. The van der Waals surface area contributed by atoms with Gasteiger partial charge in [-0.25, -0.2) is 9.78 Å². The van der Waals surface area contributed by atoms with Crippen molar-refractivity contribution in [1.29, 1.82) is 0 Å². The number of imidazole rings is 1. The lowest BCUT2D eigenvalue weighted by atomic mass is 10.3. The van der Waals surface area contributed by atoms with Gasteiger partial charge >= 0.3 is 5.97 Å². The van der Waals surface area contributed by atoms with Crippen molar-refractivity contribution >= 4 is 11.8 Å². The first-order chi connectivity index (χ1) is 8.67. The molecule has 0 radical (unpaired) electrons. The highest BCUT2D eigenvalue weighted by Crippen LogP contribution is 2.20. The van der Waals surface area contributed by atoms with Crippen molar-refractivity contribution in [3.8, 4) is 11.4 Å². The number of rotatable bonds is 3. The maximum atomic E-state index is 11.4. The predicted octanol–water partition coefficient (Wildman–Crippen LogP) is 1.25. The zero-order valence-electron chi connectivity index (χ0n) is 10.1. The highest BCUT2D eigenvalue weighted by atomic mass is 16.5. The Bertz CT molecular complexity index is 560. The van der Waals surface area contributed by atoms with Gasteiger partial charge in [-0.05, 0) is 24.3 Å². The van der Waals surface area contributed by atoms with Crippen LogP contribution in [-0.4, -0.2) is 29.7 Å². The number of methoxy groups -OCH3 is 2. The molecule has 0 aliphatic heterocycles. The normalized spacial score (nSPS) is 10.1. The summed E-state index contributed by atoms with van der Waals surface area (Å²) in [5, 5.41) is 0. The van der Waals surface area contributed by atoms with E-state index in [0.29, 0.717) is 0 Å². The predicted molar refractivity (Wildman–Crippen MR) is 65.9 cm³/mol. The number of esters is 1. The van der Waals surface area contributed by atoms with Gasteiger partial charge in [0.1, 0.15) is 17.9 Å². The Balaban J connectivity index is 2.39. The molecule has 0 aliphatic carbocycles. The van der Waals surface area contributed by atoms with Crippen molar-refractivity contribution in [1.82, 2.24) is 9.55 Å². The van der Waals surface area contributed by atoms with Crippen molar-refractivity contribution < 1.29 is 14.3 Å². The molecule has 6 nitrogen and oxygen atoms in total. The first kappa shape index (κ1) is 12.0. The Morgan fingerprint density at radius 1 is 1.28 bits per heavy atom. The zero-order chi connectivity index (χ0) is 13.1. The Morgan fingerprint density at radius 3 is 2.50 bits per heavy atom. The van der Waals surface area contributed by atoms with E-state index in [-0.39, 0.29) is 11.5 Å². The van der Waals surface area contributed by atoms with Crippen LogP contribution in [-0.2, 0) is 4.74 Å². The first-order valence-corrected chi connectivity index (χ1v) is 5.23. The van der Waals surface area contributed by atoms with Gasteiger partial charge in [-0.2, -0.15) is 0 Å². The number of anilines is 1. The summed E-state index contributed by atoms with van der Waals surface area (Å²) < 4.78 is 11.3. The second kappa shape index (κ2) is 4.79. The molecule has 94 valence electrons. The molecule has 0 spiro atoms. The number of carbonyl (C=O) groups is 1. The molecule has 0 unspecified atom stereocenters. The van der Waals surface area contributed by atoms with Crippen molar-refractivity contribution in [3.05, 3.63) is 36.3 Å². The molecule has 0 fully saturated rings. The van der Waals surface area contributed by atoms with Crippen LogP contribution in [0, 0.1) is 0 Å². The van der Waals surface area contributed by atoms with E-state index < -0.39 is 5.97 Å². The topological polar surface area (TPSA) is 79.4 Å². The molecule has 0 bridgehead atoms. The highest BCUT2D eigenvalue weighted by Gasteiger charge is 2.16. The van der Waals surface area contributed by atoms with Crippen LogP contribution >= 0.6 is 0 Å². The number of hydrogen-bond acceptors (Lipinski definition) is 5. The van der Waals surface area contributed by atoms with Crippen LogP contribution in [0.4, 0.5) is 5.82 Å². The largest absolute Gasteiger partial charge is 0.497 e. The van der Waals surface area contributed by atoms with Gasteiger partial charge < -0.3 is 15.2 Å². The number of aromatic nitrogens is 2. The number of nitrogens with two attached hydrogens (primary N) is 1. The van der Waals surface area contributed by atoms with Crippen LogP contribution in [0.5, 0.6) is 5.75 Å². The Kier molecular flexibility index (Phi) is 3.18. The Morgan fingerprint density at radius 2 is 1.94 bits per heavy atom. The number of ether oxygens (including phenoxy) is 2. The highest BCUT2D eigenvalue weighted by molar-refractivity contribution is 5.92. The van der Waals surface area contributed by atoms with Gasteiger partial charge in [-0.15, -0.1) is 0 Å². The van der Waals surface area contributed by atoms with E-state index >= 15 is 0 Å². The van der Waals surface area contributed by atoms with Crippen LogP contribution in [0.25, 0.3) is 5.69 Å². The van der Waals surface area contributed by atoms with Gasteiger partial charge in [-0.3, -0.25) is 4.57 Å². The molecule has 2 N–H and O–H groups in total. The summed E-state index contributed by atoms with van der Waals surface area (Å²) >= 11 is 0. The summed E-state index contributed by atoms with van der Waals surface area (Å²) in [5.74, 6) is 0.428. The summed E-state index contributed by atoms with van der Waals surface area (Å²) in [6.45, 7) is 0. The standard InChI is InChI=1S/C12H13N3O3/c1-17-9-5-3-8(4-6-9)15-7-14-10(11(15)13)12(16)18-2/h3-7H,13H2,1-2H3. The van der Waals surface area contributed by atoms with Gasteiger partial charge in [0.05, 0.1) is 14.2 Å². The average Bonchev–Trinajstić information content (AvgIpc) is 2.80. The zero-order valence-corrected chi connectivity index (χ0v) is 10.1. The Labute approximate surface area is 104 Å². The second-order valence-electron chi connectivity index (χ2n) is 3.54. The van der Waals surface area contributed by atoms with Gasteiger partial charge in [0.2, 0.25) is 0 Å². The van der Waals surface area contributed by atoms with Gasteiger partial charge in [0, 0.05) is 5.69 Å². The van der Waals surface area contributed by atoms with Crippen LogP contribution < -0.4 is 10.5 Å².